The number of rotatable bonds is 7. The van der Waals surface area contributed by atoms with E-state index in [0.29, 0.717) is 18.1 Å². The van der Waals surface area contributed by atoms with Crippen molar-refractivity contribution in [3.05, 3.63) is 60.2 Å². The van der Waals surface area contributed by atoms with Crippen molar-refractivity contribution < 1.29 is 9.69 Å². The average molecular weight is 396 g/mol. The lowest BCUT2D eigenvalue weighted by molar-refractivity contribution is -0.890. The molecule has 0 spiro atoms. The largest absolute Gasteiger partial charge is 0.349 e. The fourth-order valence-corrected chi connectivity index (χ4v) is 4.06. The van der Waals surface area contributed by atoms with Crippen LogP contribution in [0, 0.1) is 0 Å². The summed E-state index contributed by atoms with van der Waals surface area (Å²) in [4.78, 5) is 18.2. The van der Waals surface area contributed by atoms with Crippen LogP contribution in [0.25, 0.3) is 16.8 Å². The summed E-state index contributed by atoms with van der Waals surface area (Å²) in [5, 5.41) is 11.0. The van der Waals surface area contributed by atoms with Gasteiger partial charge >= 0.3 is 0 Å². The zero-order chi connectivity index (χ0) is 19.5. The molecule has 0 saturated carbocycles. The second-order valence-electron chi connectivity index (χ2n) is 6.90. The first-order valence-electron chi connectivity index (χ1n) is 9.19. The van der Waals surface area contributed by atoms with Crippen LogP contribution in [0.2, 0.25) is 0 Å². The molecule has 0 radical (unpaired) electrons. The molecular weight excluding hydrogens is 372 g/mol. The highest BCUT2D eigenvalue weighted by molar-refractivity contribution is 7.99. The lowest BCUT2D eigenvalue weighted by Crippen LogP contribution is -3.07. The third-order valence-corrected chi connectivity index (χ3v) is 5.68. The van der Waals surface area contributed by atoms with E-state index in [0.717, 1.165) is 16.2 Å². The highest BCUT2D eigenvalue weighted by Gasteiger charge is 2.19. The van der Waals surface area contributed by atoms with Crippen molar-refractivity contribution in [1.29, 1.82) is 0 Å². The Morgan fingerprint density at radius 2 is 1.93 bits per heavy atom. The Hall–Kier alpha value is -2.84. The molecule has 0 fully saturated rings. The number of carbonyl (C=O) groups excluding carboxylic acids is 1. The van der Waals surface area contributed by atoms with Gasteiger partial charge in [0.25, 0.3) is 0 Å². The second-order valence-corrected chi connectivity index (χ2v) is 7.84. The molecule has 4 aromatic rings. The first-order valence-corrected chi connectivity index (χ1v) is 10.2. The summed E-state index contributed by atoms with van der Waals surface area (Å²) < 4.78 is 1.95. The van der Waals surface area contributed by atoms with E-state index >= 15 is 0 Å². The number of hydrogen-bond donors (Lipinski definition) is 3. The van der Waals surface area contributed by atoms with Gasteiger partial charge in [-0.2, -0.15) is 0 Å². The average Bonchev–Trinajstić information content (AvgIpc) is 3.26. The van der Waals surface area contributed by atoms with Crippen molar-refractivity contribution in [2.24, 2.45) is 0 Å². The predicted molar refractivity (Wildman–Crippen MR) is 111 cm³/mol. The van der Waals surface area contributed by atoms with Crippen molar-refractivity contribution in [1.82, 2.24) is 24.9 Å². The van der Waals surface area contributed by atoms with Crippen molar-refractivity contribution in [3.8, 4) is 0 Å². The van der Waals surface area contributed by atoms with Crippen LogP contribution < -0.4 is 10.2 Å². The zero-order valence-corrected chi connectivity index (χ0v) is 16.7. The number of carbonyl (C=O) groups is 1. The van der Waals surface area contributed by atoms with Crippen molar-refractivity contribution in [3.63, 3.8) is 0 Å². The molecule has 0 saturated heterocycles. The standard InChI is InChI=1S/C20H22N6OS/c1-25(2)17(14-8-4-3-5-9-14)12-21-18(27)13-28-20-24-23-19-22-15-10-6-7-11-16(15)26(19)20/h3-11,17H,12-13H2,1-2H3,(H,21,27)(H,22,23)/p+1/t17-/m0/s1. The molecule has 4 rings (SSSR count). The van der Waals surface area contributed by atoms with E-state index in [4.69, 9.17) is 0 Å². The molecule has 1 amide bonds. The molecule has 1 atom stereocenters. The van der Waals surface area contributed by atoms with E-state index < -0.39 is 0 Å². The molecule has 0 bridgehead atoms. The number of H-pyrrole nitrogens is 1. The maximum absolute atomic E-state index is 12.4. The lowest BCUT2D eigenvalue weighted by Gasteiger charge is -2.22. The van der Waals surface area contributed by atoms with Gasteiger partial charge in [-0.3, -0.25) is 9.20 Å². The number of fused-ring (bicyclic) bond motifs is 3. The number of benzene rings is 2. The number of aromatic nitrogens is 4. The Bertz CT molecular complexity index is 1090. The van der Waals surface area contributed by atoms with Gasteiger partial charge in [-0.1, -0.05) is 54.2 Å². The summed E-state index contributed by atoms with van der Waals surface area (Å²) in [7, 11) is 4.20. The number of amides is 1. The number of thioether (sulfide) groups is 1. The second kappa shape index (κ2) is 8.04. The Morgan fingerprint density at radius 1 is 1.18 bits per heavy atom. The number of para-hydroxylation sites is 2. The first-order chi connectivity index (χ1) is 13.6. The molecule has 7 nitrogen and oxygen atoms in total. The molecule has 144 valence electrons. The van der Waals surface area contributed by atoms with E-state index in [9.17, 15) is 4.79 Å². The van der Waals surface area contributed by atoms with Crippen LogP contribution >= 0.6 is 11.8 Å². The number of nitrogens with one attached hydrogen (secondary N) is 3. The molecule has 28 heavy (non-hydrogen) atoms. The quantitative estimate of drug-likeness (QED) is 0.412. The monoisotopic (exact) mass is 395 g/mol. The fraction of sp³-hybridized carbons (Fsp3) is 0.250. The van der Waals surface area contributed by atoms with Gasteiger partial charge in [0.05, 0.1) is 37.4 Å². The molecule has 2 heterocycles. The summed E-state index contributed by atoms with van der Waals surface area (Å²) in [6.45, 7) is 0.593. The van der Waals surface area contributed by atoms with Gasteiger partial charge in [0, 0.05) is 5.56 Å². The highest BCUT2D eigenvalue weighted by Crippen LogP contribution is 2.22. The van der Waals surface area contributed by atoms with Crippen LogP contribution in [0.3, 0.4) is 0 Å². The van der Waals surface area contributed by atoms with E-state index in [1.54, 1.807) is 0 Å². The predicted octanol–water partition coefficient (Wildman–Crippen LogP) is 1.30. The topological polar surface area (TPSA) is 79.5 Å². The number of quaternary nitrogens is 1. The Morgan fingerprint density at radius 3 is 2.71 bits per heavy atom. The van der Waals surface area contributed by atoms with Gasteiger partial charge in [0.2, 0.25) is 11.7 Å². The van der Waals surface area contributed by atoms with Crippen molar-refractivity contribution in [2.45, 2.75) is 11.2 Å². The third-order valence-electron chi connectivity index (χ3n) is 4.74. The van der Waals surface area contributed by atoms with Gasteiger partial charge in [0.15, 0.2) is 5.16 Å². The van der Waals surface area contributed by atoms with Crippen LogP contribution in [0.5, 0.6) is 0 Å². The SMILES string of the molecule is C[NH+](C)[C@@H](CNC(=O)CSc1n[nH]c2nc3ccccc3n12)c1ccccc1. The van der Waals surface area contributed by atoms with Crippen LogP contribution in [0.15, 0.2) is 59.8 Å². The van der Waals surface area contributed by atoms with Gasteiger partial charge in [-0.05, 0) is 12.1 Å². The maximum Gasteiger partial charge on any atom is 0.231 e. The molecule has 0 aliphatic carbocycles. The highest BCUT2D eigenvalue weighted by atomic mass is 32.2. The van der Waals surface area contributed by atoms with Crippen LogP contribution in [-0.2, 0) is 4.79 Å². The molecular formula is C20H23N6OS+. The summed E-state index contributed by atoms with van der Waals surface area (Å²) in [5.41, 5.74) is 3.10. The Labute approximate surface area is 167 Å². The number of imidazole rings is 1. The summed E-state index contributed by atoms with van der Waals surface area (Å²) in [6.07, 6.45) is 0. The van der Waals surface area contributed by atoms with Crippen LogP contribution in [0.4, 0.5) is 0 Å². The Kier molecular flexibility index (Phi) is 5.31. The smallest absolute Gasteiger partial charge is 0.231 e. The minimum absolute atomic E-state index is 0.00671. The van der Waals surface area contributed by atoms with Crippen molar-refractivity contribution >= 4 is 34.5 Å². The van der Waals surface area contributed by atoms with Crippen LogP contribution in [-0.4, -0.2) is 51.9 Å². The number of hydrogen-bond acceptors (Lipinski definition) is 4. The van der Waals surface area contributed by atoms with E-state index in [1.807, 2.05) is 46.9 Å². The number of nitrogens with zero attached hydrogens (tertiary/aromatic N) is 3. The van der Waals surface area contributed by atoms with Gasteiger partial charge in [0.1, 0.15) is 6.04 Å². The van der Waals surface area contributed by atoms with Crippen LogP contribution in [0.1, 0.15) is 11.6 Å². The normalized spacial score (nSPS) is 12.7. The minimum Gasteiger partial charge on any atom is -0.349 e. The summed E-state index contributed by atoms with van der Waals surface area (Å²) in [5.74, 6) is 0.980. The molecule has 3 N–H and O–H groups in total. The fourth-order valence-electron chi connectivity index (χ4n) is 3.28. The van der Waals surface area contributed by atoms with Gasteiger partial charge in [-0.15, -0.1) is 5.10 Å². The molecule has 0 aliphatic heterocycles. The number of aromatic amines is 1. The molecule has 0 aliphatic rings. The van der Waals surface area contributed by atoms with E-state index in [2.05, 4.69) is 46.7 Å². The zero-order valence-electron chi connectivity index (χ0n) is 15.8. The summed E-state index contributed by atoms with van der Waals surface area (Å²) in [6, 6.07) is 18.4. The lowest BCUT2D eigenvalue weighted by atomic mass is 10.1. The van der Waals surface area contributed by atoms with Gasteiger partial charge < -0.3 is 10.2 Å². The maximum atomic E-state index is 12.4. The molecule has 8 heteroatoms. The third kappa shape index (κ3) is 3.74. The summed E-state index contributed by atoms with van der Waals surface area (Å²) >= 11 is 1.40. The first kappa shape index (κ1) is 18.5. The molecule has 2 aromatic heterocycles. The molecule has 0 unspecified atom stereocenters. The molecule has 2 aromatic carbocycles. The van der Waals surface area contributed by atoms with E-state index in [-0.39, 0.29) is 11.9 Å². The number of likely N-dealkylation sites (N-methyl/N-ethyl adjacent to an activating group) is 1. The van der Waals surface area contributed by atoms with Gasteiger partial charge in [-0.25, -0.2) is 10.1 Å². The van der Waals surface area contributed by atoms with Crippen molar-refractivity contribution in [2.75, 3.05) is 26.4 Å². The Balaban J connectivity index is 1.40. The van der Waals surface area contributed by atoms with E-state index in [1.165, 1.54) is 22.2 Å². The minimum atomic E-state index is -0.00671.